The van der Waals surface area contributed by atoms with Crippen molar-refractivity contribution in [1.82, 2.24) is 4.90 Å². The van der Waals surface area contributed by atoms with Crippen molar-refractivity contribution in [2.24, 2.45) is 5.92 Å². The van der Waals surface area contributed by atoms with Crippen molar-refractivity contribution in [3.05, 3.63) is 46.8 Å². The monoisotopic (exact) mass is 499 g/mol. The number of para-hydroxylation sites is 1. The van der Waals surface area contributed by atoms with Gasteiger partial charge < -0.3 is 25.0 Å². The number of urea groups is 1. The van der Waals surface area contributed by atoms with Crippen LogP contribution in [0, 0.1) is 5.92 Å². The van der Waals surface area contributed by atoms with E-state index in [1.807, 2.05) is 23.6 Å². The molecule has 35 heavy (non-hydrogen) atoms. The molecule has 9 nitrogen and oxygen atoms in total. The van der Waals surface area contributed by atoms with Crippen LogP contribution in [0.4, 0.5) is 15.5 Å². The lowest BCUT2D eigenvalue weighted by Crippen LogP contribution is -2.45. The van der Waals surface area contributed by atoms with E-state index >= 15 is 0 Å². The van der Waals surface area contributed by atoms with Gasteiger partial charge in [-0.2, -0.15) is 0 Å². The van der Waals surface area contributed by atoms with E-state index in [-0.39, 0.29) is 19.2 Å². The SMILES string of the molecule is CCOC(=O)c1c(C2CC2)csc1NC(=O)COC(=O)C1CCCN(C(=O)Nc2ccccc2)C1. The molecule has 1 atom stereocenters. The van der Waals surface area contributed by atoms with E-state index in [2.05, 4.69) is 10.6 Å². The van der Waals surface area contributed by atoms with Crippen LogP contribution < -0.4 is 10.6 Å². The molecule has 2 aromatic rings. The van der Waals surface area contributed by atoms with E-state index in [1.165, 1.54) is 11.3 Å². The second-order valence-corrected chi connectivity index (χ2v) is 9.51. The van der Waals surface area contributed by atoms with Gasteiger partial charge in [0.1, 0.15) is 5.00 Å². The first-order valence-electron chi connectivity index (χ1n) is 11.8. The van der Waals surface area contributed by atoms with Gasteiger partial charge >= 0.3 is 18.0 Å². The second-order valence-electron chi connectivity index (χ2n) is 8.63. The largest absolute Gasteiger partial charge is 0.462 e. The Kier molecular flexibility index (Phi) is 8.02. The molecule has 1 aliphatic heterocycles. The van der Waals surface area contributed by atoms with E-state index in [9.17, 15) is 19.2 Å². The fraction of sp³-hybridized carbons (Fsp3) is 0.440. The van der Waals surface area contributed by atoms with Crippen molar-refractivity contribution in [3.63, 3.8) is 0 Å². The Labute approximate surface area is 207 Å². The maximum atomic E-state index is 12.6. The van der Waals surface area contributed by atoms with Crippen molar-refractivity contribution in [2.45, 2.75) is 38.5 Å². The molecular formula is C25H29N3O6S. The van der Waals surface area contributed by atoms with E-state index in [0.29, 0.717) is 41.6 Å². The van der Waals surface area contributed by atoms with Gasteiger partial charge in [-0.05, 0) is 61.6 Å². The molecular weight excluding hydrogens is 470 g/mol. The van der Waals surface area contributed by atoms with E-state index in [0.717, 1.165) is 18.4 Å². The van der Waals surface area contributed by atoms with Crippen molar-refractivity contribution < 1.29 is 28.7 Å². The Morgan fingerprint density at radius 3 is 2.54 bits per heavy atom. The number of piperidine rings is 1. The summed E-state index contributed by atoms with van der Waals surface area (Å²) < 4.78 is 10.4. The van der Waals surface area contributed by atoms with Gasteiger partial charge in [-0.25, -0.2) is 9.59 Å². The molecule has 2 fully saturated rings. The number of hydrogen-bond donors (Lipinski definition) is 2. The lowest BCUT2D eigenvalue weighted by Gasteiger charge is -2.31. The van der Waals surface area contributed by atoms with Crippen molar-refractivity contribution >= 4 is 45.9 Å². The molecule has 0 spiro atoms. The summed E-state index contributed by atoms with van der Waals surface area (Å²) in [6, 6.07) is 8.83. The first-order valence-corrected chi connectivity index (χ1v) is 12.7. The third-order valence-electron chi connectivity index (χ3n) is 5.98. The lowest BCUT2D eigenvalue weighted by atomic mass is 9.98. The number of esters is 2. The predicted molar refractivity (Wildman–Crippen MR) is 132 cm³/mol. The number of nitrogens with one attached hydrogen (secondary N) is 2. The molecule has 2 N–H and O–H groups in total. The van der Waals surface area contributed by atoms with Crippen molar-refractivity contribution in [2.75, 3.05) is 36.9 Å². The average Bonchev–Trinajstić information content (AvgIpc) is 3.63. The third-order valence-corrected chi connectivity index (χ3v) is 6.90. The number of thiophene rings is 1. The van der Waals surface area contributed by atoms with Gasteiger partial charge in [0.15, 0.2) is 6.61 Å². The van der Waals surface area contributed by atoms with Crippen LogP contribution >= 0.6 is 11.3 Å². The Balaban J connectivity index is 1.29. The zero-order valence-electron chi connectivity index (χ0n) is 19.6. The van der Waals surface area contributed by atoms with Crippen LogP contribution in [-0.2, 0) is 19.1 Å². The van der Waals surface area contributed by atoms with Crippen LogP contribution in [-0.4, -0.2) is 55.1 Å². The first-order chi connectivity index (χ1) is 17.0. The average molecular weight is 500 g/mol. The smallest absolute Gasteiger partial charge is 0.341 e. The summed E-state index contributed by atoms with van der Waals surface area (Å²) in [6.45, 7) is 2.27. The molecule has 2 aliphatic rings. The lowest BCUT2D eigenvalue weighted by molar-refractivity contribution is -0.152. The van der Waals surface area contributed by atoms with E-state index in [4.69, 9.17) is 9.47 Å². The number of amides is 3. The van der Waals surface area contributed by atoms with Gasteiger partial charge in [-0.3, -0.25) is 9.59 Å². The number of hydrogen-bond acceptors (Lipinski definition) is 7. The molecule has 1 unspecified atom stereocenters. The normalized spacial score (nSPS) is 17.4. The van der Waals surface area contributed by atoms with Crippen molar-refractivity contribution in [3.8, 4) is 0 Å². The minimum atomic E-state index is -0.525. The van der Waals surface area contributed by atoms with Crippen LogP contribution in [0.25, 0.3) is 0 Å². The number of benzene rings is 1. The standard InChI is InChI=1S/C25H29N3O6S/c1-2-33-24(31)21-19(16-10-11-16)15-35-22(21)27-20(29)14-34-23(30)17-7-6-12-28(13-17)25(32)26-18-8-4-3-5-9-18/h3-5,8-9,15-17H,2,6-7,10-14H2,1H3,(H,26,32)(H,27,29). The summed E-state index contributed by atoms with van der Waals surface area (Å²) in [4.78, 5) is 51.7. The molecule has 1 saturated carbocycles. The second kappa shape index (κ2) is 11.4. The zero-order chi connectivity index (χ0) is 24.8. The topological polar surface area (TPSA) is 114 Å². The number of anilines is 2. The molecule has 1 aliphatic carbocycles. The molecule has 4 rings (SSSR count). The molecule has 186 valence electrons. The molecule has 0 radical (unpaired) electrons. The minimum absolute atomic E-state index is 0.224. The van der Waals surface area contributed by atoms with Gasteiger partial charge in [-0.1, -0.05) is 18.2 Å². The first kappa shape index (κ1) is 24.7. The predicted octanol–water partition coefficient (Wildman–Crippen LogP) is 4.23. The van der Waals surface area contributed by atoms with E-state index in [1.54, 1.807) is 24.0 Å². The quantitative estimate of drug-likeness (QED) is 0.526. The Bertz CT molecular complexity index is 1080. The molecule has 2 heterocycles. The summed E-state index contributed by atoms with van der Waals surface area (Å²) in [7, 11) is 0. The molecule has 1 aromatic carbocycles. The Morgan fingerprint density at radius 2 is 1.83 bits per heavy atom. The number of likely N-dealkylation sites (tertiary alicyclic amines) is 1. The fourth-order valence-electron chi connectivity index (χ4n) is 4.07. The van der Waals surface area contributed by atoms with Gasteiger partial charge in [0, 0.05) is 18.8 Å². The highest BCUT2D eigenvalue weighted by molar-refractivity contribution is 7.15. The maximum Gasteiger partial charge on any atom is 0.341 e. The van der Waals surface area contributed by atoms with Gasteiger partial charge in [0.05, 0.1) is 18.1 Å². The summed E-state index contributed by atoms with van der Waals surface area (Å²) in [5.41, 5.74) is 1.97. The zero-order valence-corrected chi connectivity index (χ0v) is 20.4. The maximum absolute atomic E-state index is 12.6. The summed E-state index contributed by atoms with van der Waals surface area (Å²) in [6.07, 6.45) is 3.26. The Hall–Kier alpha value is -3.40. The molecule has 3 amide bonds. The number of carbonyl (C=O) groups excluding carboxylic acids is 4. The highest BCUT2D eigenvalue weighted by Crippen LogP contribution is 2.46. The number of rotatable bonds is 8. The highest BCUT2D eigenvalue weighted by Gasteiger charge is 2.33. The fourth-order valence-corrected chi connectivity index (χ4v) is 5.11. The molecule has 1 saturated heterocycles. The molecule has 0 bridgehead atoms. The summed E-state index contributed by atoms with van der Waals surface area (Å²) in [5, 5.41) is 7.80. The highest BCUT2D eigenvalue weighted by atomic mass is 32.1. The van der Waals surface area contributed by atoms with Crippen molar-refractivity contribution in [1.29, 1.82) is 0 Å². The van der Waals surface area contributed by atoms with Crippen LogP contribution in [0.5, 0.6) is 0 Å². The third kappa shape index (κ3) is 6.39. The van der Waals surface area contributed by atoms with Crippen LogP contribution in [0.3, 0.4) is 0 Å². The minimum Gasteiger partial charge on any atom is -0.462 e. The molecule has 1 aromatic heterocycles. The summed E-state index contributed by atoms with van der Waals surface area (Å²) >= 11 is 1.27. The van der Waals surface area contributed by atoms with Gasteiger partial charge in [0.2, 0.25) is 0 Å². The van der Waals surface area contributed by atoms with Gasteiger partial charge in [-0.15, -0.1) is 11.3 Å². The Morgan fingerprint density at radius 1 is 1.06 bits per heavy atom. The van der Waals surface area contributed by atoms with Crippen LogP contribution in [0.15, 0.2) is 35.7 Å². The van der Waals surface area contributed by atoms with Crippen LogP contribution in [0.1, 0.15) is 54.4 Å². The molecule has 10 heteroatoms. The summed E-state index contributed by atoms with van der Waals surface area (Å²) in [5.74, 6) is -1.69. The van der Waals surface area contributed by atoms with Gasteiger partial charge in [0.25, 0.3) is 5.91 Å². The van der Waals surface area contributed by atoms with E-state index < -0.39 is 30.4 Å². The number of carbonyl (C=O) groups is 4. The van der Waals surface area contributed by atoms with Crippen LogP contribution in [0.2, 0.25) is 0 Å². The number of nitrogens with zero attached hydrogens (tertiary/aromatic N) is 1. The number of ether oxygens (including phenoxy) is 2.